The average molecular weight is 247 g/mol. The zero-order chi connectivity index (χ0) is 13.0. The molecule has 1 unspecified atom stereocenters. The van der Waals surface area contributed by atoms with Gasteiger partial charge in [0.15, 0.2) is 0 Å². The fourth-order valence-corrected chi connectivity index (χ4v) is 2.19. The van der Waals surface area contributed by atoms with Crippen molar-refractivity contribution in [3.63, 3.8) is 0 Å². The Morgan fingerprint density at radius 3 is 2.83 bits per heavy atom. The quantitative estimate of drug-likeness (QED) is 0.794. The van der Waals surface area contributed by atoms with E-state index in [0.29, 0.717) is 0 Å². The number of hydrogen-bond donors (Lipinski definition) is 1. The average Bonchev–Trinajstić information content (AvgIpc) is 2.73. The third-order valence-electron chi connectivity index (χ3n) is 3.17. The first-order valence-electron chi connectivity index (χ1n) is 6.53. The van der Waals surface area contributed by atoms with Crippen LogP contribution in [-0.2, 0) is 4.74 Å². The number of rotatable bonds is 6. The lowest BCUT2D eigenvalue weighted by Gasteiger charge is -2.12. The molecule has 1 heterocycles. The largest absolute Gasteiger partial charge is 0.459 e. The van der Waals surface area contributed by atoms with Gasteiger partial charge in [0, 0.05) is 18.5 Å². The standard InChI is InChI=1S/C15H21NO2/c1-4-17-10-9-16-12(3)15-11(2)13-7-5-6-8-14(13)18-15/h5-8,12,16H,4,9-10H2,1-3H3. The fraction of sp³-hybridized carbons (Fsp3) is 0.467. The molecule has 0 aliphatic rings. The topological polar surface area (TPSA) is 34.4 Å². The molecule has 1 aromatic carbocycles. The molecule has 0 saturated heterocycles. The van der Waals surface area contributed by atoms with Crippen LogP contribution in [0.4, 0.5) is 0 Å². The molecule has 0 aliphatic heterocycles. The van der Waals surface area contributed by atoms with Crippen LogP contribution in [0.1, 0.15) is 31.2 Å². The number of ether oxygens (including phenoxy) is 1. The number of para-hydroxylation sites is 1. The molecule has 0 aliphatic carbocycles. The maximum absolute atomic E-state index is 5.91. The molecule has 0 fully saturated rings. The second-order valence-electron chi connectivity index (χ2n) is 4.46. The van der Waals surface area contributed by atoms with Crippen LogP contribution in [0.3, 0.4) is 0 Å². The van der Waals surface area contributed by atoms with E-state index in [1.165, 1.54) is 10.9 Å². The van der Waals surface area contributed by atoms with Gasteiger partial charge in [-0.3, -0.25) is 0 Å². The molecule has 0 amide bonds. The molecule has 0 radical (unpaired) electrons. The maximum atomic E-state index is 5.91. The molecule has 0 bridgehead atoms. The molecule has 1 atom stereocenters. The summed E-state index contributed by atoms with van der Waals surface area (Å²) in [5, 5.41) is 4.62. The summed E-state index contributed by atoms with van der Waals surface area (Å²) in [4.78, 5) is 0. The Labute approximate surface area is 108 Å². The van der Waals surface area contributed by atoms with Crippen molar-refractivity contribution in [2.45, 2.75) is 26.8 Å². The Bertz CT molecular complexity index is 504. The van der Waals surface area contributed by atoms with Crippen molar-refractivity contribution >= 4 is 11.0 Å². The van der Waals surface area contributed by atoms with Crippen LogP contribution in [0.2, 0.25) is 0 Å². The van der Waals surface area contributed by atoms with Crippen LogP contribution in [0.15, 0.2) is 28.7 Å². The van der Waals surface area contributed by atoms with E-state index in [1.54, 1.807) is 0 Å². The predicted octanol–water partition coefficient (Wildman–Crippen LogP) is 3.43. The normalized spacial score (nSPS) is 13.1. The van der Waals surface area contributed by atoms with Crippen molar-refractivity contribution < 1.29 is 9.15 Å². The highest BCUT2D eigenvalue weighted by Gasteiger charge is 2.15. The Balaban J connectivity index is 2.08. The van der Waals surface area contributed by atoms with Gasteiger partial charge in [-0.05, 0) is 32.4 Å². The van der Waals surface area contributed by atoms with Gasteiger partial charge in [0.2, 0.25) is 0 Å². The molecule has 1 N–H and O–H groups in total. The summed E-state index contributed by atoms with van der Waals surface area (Å²) in [6, 6.07) is 8.37. The molecule has 2 aromatic rings. The minimum Gasteiger partial charge on any atom is -0.459 e. The lowest BCUT2D eigenvalue weighted by molar-refractivity contribution is 0.146. The highest BCUT2D eigenvalue weighted by molar-refractivity contribution is 5.82. The maximum Gasteiger partial charge on any atom is 0.134 e. The van der Waals surface area contributed by atoms with Gasteiger partial charge in [-0.1, -0.05) is 18.2 Å². The fourth-order valence-electron chi connectivity index (χ4n) is 2.19. The van der Waals surface area contributed by atoms with Crippen LogP contribution in [0, 0.1) is 6.92 Å². The Hall–Kier alpha value is -1.32. The van der Waals surface area contributed by atoms with E-state index in [4.69, 9.17) is 9.15 Å². The highest BCUT2D eigenvalue weighted by Crippen LogP contribution is 2.28. The van der Waals surface area contributed by atoms with Crippen LogP contribution < -0.4 is 5.32 Å². The van der Waals surface area contributed by atoms with E-state index < -0.39 is 0 Å². The number of furan rings is 1. The lowest BCUT2D eigenvalue weighted by atomic mass is 10.1. The third-order valence-corrected chi connectivity index (χ3v) is 3.17. The van der Waals surface area contributed by atoms with Crippen molar-refractivity contribution in [1.82, 2.24) is 5.32 Å². The summed E-state index contributed by atoms with van der Waals surface area (Å²) >= 11 is 0. The SMILES string of the molecule is CCOCCNC(C)c1oc2ccccc2c1C. The molecule has 18 heavy (non-hydrogen) atoms. The first-order valence-corrected chi connectivity index (χ1v) is 6.53. The van der Waals surface area contributed by atoms with Gasteiger partial charge in [-0.25, -0.2) is 0 Å². The Morgan fingerprint density at radius 1 is 1.33 bits per heavy atom. The van der Waals surface area contributed by atoms with Crippen LogP contribution in [-0.4, -0.2) is 19.8 Å². The number of fused-ring (bicyclic) bond motifs is 1. The molecule has 98 valence electrons. The molecule has 0 spiro atoms. The van der Waals surface area contributed by atoms with Gasteiger partial charge in [-0.15, -0.1) is 0 Å². The van der Waals surface area contributed by atoms with Crippen LogP contribution >= 0.6 is 0 Å². The van der Waals surface area contributed by atoms with Gasteiger partial charge in [0.1, 0.15) is 11.3 Å². The summed E-state index contributed by atoms with van der Waals surface area (Å²) in [6.07, 6.45) is 0. The van der Waals surface area contributed by atoms with Crippen molar-refractivity contribution in [1.29, 1.82) is 0 Å². The highest BCUT2D eigenvalue weighted by atomic mass is 16.5. The number of nitrogens with one attached hydrogen (secondary N) is 1. The summed E-state index contributed by atoms with van der Waals surface area (Å²) < 4.78 is 11.2. The van der Waals surface area contributed by atoms with Gasteiger partial charge < -0.3 is 14.5 Å². The molecular formula is C15H21NO2. The van der Waals surface area contributed by atoms with Crippen molar-refractivity contribution in [2.75, 3.05) is 19.8 Å². The van der Waals surface area contributed by atoms with E-state index >= 15 is 0 Å². The van der Waals surface area contributed by atoms with Crippen LogP contribution in [0.25, 0.3) is 11.0 Å². The predicted molar refractivity (Wildman–Crippen MR) is 73.9 cm³/mol. The zero-order valence-electron chi connectivity index (χ0n) is 11.3. The summed E-state index contributed by atoms with van der Waals surface area (Å²) in [5.74, 6) is 1.02. The van der Waals surface area contributed by atoms with E-state index in [1.807, 2.05) is 25.1 Å². The minimum absolute atomic E-state index is 0.206. The smallest absolute Gasteiger partial charge is 0.134 e. The molecule has 2 rings (SSSR count). The van der Waals surface area contributed by atoms with E-state index in [-0.39, 0.29) is 6.04 Å². The molecule has 0 saturated carbocycles. The first-order chi connectivity index (χ1) is 8.74. The van der Waals surface area contributed by atoms with Gasteiger partial charge in [-0.2, -0.15) is 0 Å². The minimum atomic E-state index is 0.206. The van der Waals surface area contributed by atoms with Gasteiger partial charge in [0.05, 0.1) is 12.6 Å². The van der Waals surface area contributed by atoms with Gasteiger partial charge >= 0.3 is 0 Å². The van der Waals surface area contributed by atoms with Crippen molar-refractivity contribution in [3.8, 4) is 0 Å². The number of benzene rings is 1. The van der Waals surface area contributed by atoms with Crippen molar-refractivity contribution in [3.05, 3.63) is 35.6 Å². The summed E-state index contributed by atoms with van der Waals surface area (Å²) in [6.45, 7) is 8.58. The van der Waals surface area contributed by atoms with E-state index in [0.717, 1.165) is 31.1 Å². The number of hydrogen-bond acceptors (Lipinski definition) is 3. The Morgan fingerprint density at radius 2 is 2.11 bits per heavy atom. The zero-order valence-corrected chi connectivity index (χ0v) is 11.3. The molecular weight excluding hydrogens is 226 g/mol. The lowest BCUT2D eigenvalue weighted by Crippen LogP contribution is -2.23. The third kappa shape index (κ3) is 2.74. The van der Waals surface area contributed by atoms with E-state index in [2.05, 4.69) is 25.2 Å². The van der Waals surface area contributed by atoms with Crippen LogP contribution in [0.5, 0.6) is 0 Å². The van der Waals surface area contributed by atoms with Crippen molar-refractivity contribution in [2.24, 2.45) is 0 Å². The summed E-state index contributed by atoms with van der Waals surface area (Å²) in [5.41, 5.74) is 2.19. The molecule has 1 aromatic heterocycles. The van der Waals surface area contributed by atoms with Gasteiger partial charge in [0.25, 0.3) is 0 Å². The number of aryl methyl sites for hydroxylation is 1. The van der Waals surface area contributed by atoms with E-state index in [9.17, 15) is 0 Å². The first kappa shape index (κ1) is 13.1. The second-order valence-corrected chi connectivity index (χ2v) is 4.46. The summed E-state index contributed by atoms with van der Waals surface area (Å²) in [7, 11) is 0. The second kappa shape index (κ2) is 6.03. The monoisotopic (exact) mass is 247 g/mol. The molecule has 3 heteroatoms. The Kier molecular flexibility index (Phi) is 4.39. The molecule has 3 nitrogen and oxygen atoms in total.